The molecule has 3 atom stereocenters. The van der Waals surface area contributed by atoms with Crippen molar-refractivity contribution in [2.24, 2.45) is 5.92 Å². The quantitative estimate of drug-likeness (QED) is 0.857. The standard InChI is InChI=1S/C20H28N2O3/c23-13-15-7-9-22(10-8-15)12-14-1-3-16(4-2-14)20(24)21-18-11-17-5-6-19(18)25-17/h1-4,15,17-19,23H,5-13H2,(H,21,24)/t17-,18+,19-/m1/s1. The van der Waals surface area contributed by atoms with Crippen molar-refractivity contribution in [3.8, 4) is 0 Å². The number of benzene rings is 1. The predicted molar refractivity (Wildman–Crippen MR) is 95.3 cm³/mol. The molecule has 0 spiro atoms. The van der Waals surface area contributed by atoms with E-state index in [4.69, 9.17) is 4.74 Å². The van der Waals surface area contributed by atoms with Crippen LogP contribution in [0.2, 0.25) is 0 Å². The molecule has 1 amide bonds. The Labute approximate surface area is 149 Å². The van der Waals surface area contributed by atoms with E-state index in [0.717, 1.165) is 57.3 Å². The van der Waals surface area contributed by atoms with Crippen molar-refractivity contribution in [1.82, 2.24) is 10.2 Å². The molecule has 136 valence electrons. The number of hydrogen-bond donors (Lipinski definition) is 2. The lowest BCUT2D eigenvalue weighted by molar-refractivity contribution is 0.0841. The van der Waals surface area contributed by atoms with Crippen molar-refractivity contribution in [3.63, 3.8) is 0 Å². The number of nitrogens with one attached hydrogen (secondary N) is 1. The minimum Gasteiger partial charge on any atom is -0.396 e. The minimum atomic E-state index is 0.0106. The van der Waals surface area contributed by atoms with Crippen LogP contribution in [0, 0.1) is 5.92 Å². The third-order valence-electron chi connectivity index (χ3n) is 6.01. The maximum atomic E-state index is 12.4. The maximum Gasteiger partial charge on any atom is 0.251 e. The van der Waals surface area contributed by atoms with Crippen molar-refractivity contribution >= 4 is 5.91 Å². The summed E-state index contributed by atoms with van der Waals surface area (Å²) in [5.74, 6) is 0.480. The number of amides is 1. The molecular weight excluding hydrogens is 316 g/mol. The summed E-state index contributed by atoms with van der Waals surface area (Å²) in [5, 5.41) is 12.4. The summed E-state index contributed by atoms with van der Waals surface area (Å²) < 4.78 is 5.81. The average Bonchev–Trinajstić information content (AvgIpc) is 3.26. The van der Waals surface area contributed by atoms with Gasteiger partial charge >= 0.3 is 0 Å². The fraction of sp³-hybridized carbons (Fsp3) is 0.650. The van der Waals surface area contributed by atoms with E-state index in [2.05, 4.69) is 22.3 Å². The Morgan fingerprint density at radius 3 is 2.52 bits per heavy atom. The molecule has 0 unspecified atom stereocenters. The van der Waals surface area contributed by atoms with Gasteiger partial charge in [-0.15, -0.1) is 0 Å². The molecule has 3 fully saturated rings. The Morgan fingerprint density at radius 2 is 1.92 bits per heavy atom. The zero-order chi connectivity index (χ0) is 17.2. The van der Waals surface area contributed by atoms with E-state index < -0.39 is 0 Å². The van der Waals surface area contributed by atoms with Crippen molar-refractivity contribution in [3.05, 3.63) is 35.4 Å². The molecule has 2 N–H and O–H groups in total. The number of nitrogens with zero attached hydrogens (tertiary/aromatic N) is 1. The van der Waals surface area contributed by atoms with Crippen LogP contribution in [0.1, 0.15) is 48.0 Å². The van der Waals surface area contributed by atoms with E-state index in [1.165, 1.54) is 5.56 Å². The Balaban J connectivity index is 1.29. The SMILES string of the molecule is O=C(N[C@H]1C[C@H]2CC[C@H]1O2)c1ccc(CN2CCC(CO)CC2)cc1. The normalized spacial score (nSPS) is 29.9. The van der Waals surface area contributed by atoms with Crippen molar-refractivity contribution in [1.29, 1.82) is 0 Å². The maximum absolute atomic E-state index is 12.4. The minimum absolute atomic E-state index is 0.0106. The van der Waals surface area contributed by atoms with Crippen LogP contribution in [0.4, 0.5) is 0 Å². The van der Waals surface area contributed by atoms with Crippen LogP contribution < -0.4 is 5.32 Å². The number of ether oxygens (including phenoxy) is 1. The number of carbonyl (C=O) groups is 1. The highest BCUT2D eigenvalue weighted by Gasteiger charge is 2.41. The molecule has 0 radical (unpaired) electrons. The van der Waals surface area contributed by atoms with Crippen LogP contribution in [-0.4, -0.2) is 53.9 Å². The fourth-order valence-corrected chi connectivity index (χ4v) is 4.39. The smallest absolute Gasteiger partial charge is 0.251 e. The van der Waals surface area contributed by atoms with Gasteiger partial charge < -0.3 is 15.2 Å². The number of piperidine rings is 1. The van der Waals surface area contributed by atoms with E-state index in [0.29, 0.717) is 18.6 Å². The molecule has 0 aromatic heterocycles. The van der Waals surface area contributed by atoms with Crippen LogP contribution in [0.25, 0.3) is 0 Å². The molecule has 1 aromatic rings. The Kier molecular flexibility index (Phi) is 5.06. The second-order valence-electron chi connectivity index (χ2n) is 7.79. The number of likely N-dealkylation sites (tertiary alicyclic amines) is 1. The van der Waals surface area contributed by atoms with Gasteiger partial charge in [-0.2, -0.15) is 0 Å². The van der Waals surface area contributed by atoms with Gasteiger partial charge in [-0.25, -0.2) is 0 Å². The Morgan fingerprint density at radius 1 is 1.16 bits per heavy atom. The van der Waals surface area contributed by atoms with Gasteiger partial charge in [0, 0.05) is 18.7 Å². The highest BCUT2D eigenvalue weighted by atomic mass is 16.5. The monoisotopic (exact) mass is 344 g/mol. The van der Waals surface area contributed by atoms with E-state index in [9.17, 15) is 9.90 Å². The van der Waals surface area contributed by atoms with Gasteiger partial charge in [-0.05, 0) is 68.8 Å². The van der Waals surface area contributed by atoms with Crippen molar-refractivity contribution in [2.75, 3.05) is 19.7 Å². The van der Waals surface area contributed by atoms with E-state index in [-0.39, 0.29) is 18.1 Å². The van der Waals surface area contributed by atoms with Crippen LogP contribution in [0.5, 0.6) is 0 Å². The first kappa shape index (κ1) is 17.0. The number of aliphatic hydroxyl groups is 1. The molecule has 0 saturated carbocycles. The summed E-state index contributed by atoms with van der Waals surface area (Å²) in [4.78, 5) is 14.9. The van der Waals surface area contributed by atoms with E-state index >= 15 is 0 Å². The summed E-state index contributed by atoms with van der Waals surface area (Å²) in [6, 6.07) is 8.16. The van der Waals surface area contributed by atoms with E-state index in [1.54, 1.807) is 0 Å². The molecule has 5 heteroatoms. The zero-order valence-electron chi connectivity index (χ0n) is 14.7. The molecule has 4 rings (SSSR count). The van der Waals surface area contributed by atoms with E-state index in [1.807, 2.05) is 12.1 Å². The number of carbonyl (C=O) groups excluding carboxylic acids is 1. The van der Waals surface area contributed by atoms with Gasteiger partial charge in [0.05, 0.1) is 18.2 Å². The summed E-state index contributed by atoms with van der Waals surface area (Å²) in [5.41, 5.74) is 1.97. The topological polar surface area (TPSA) is 61.8 Å². The molecular formula is C20H28N2O3. The molecule has 5 nitrogen and oxygen atoms in total. The first-order valence-corrected chi connectivity index (χ1v) is 9.60. The molecule has 0 aliphatic carbocycles. The van der Waals surface area contributed by atoms with Gasteiger partial charge in [0.2, 0.25) is 0 Å². The summed E-state index contributed by atoms with van der Waals surface area (Å²) in [6.07, 6.45) is 5.88. The van der Waals surface area contributed by atoms with Crippen molar-refractivity contribution < 1.29 is 14.6 Å². The van der Waals surface area contributed by atoms with Crippen molar-refractivity contribution in [2.45, 2.75) is 56.9 Å². The molecule has 2 bridgehead atoms. The molecule has 3 saturated heterocycles. The third-order valence-corrected chi connectivity index (χ3v) is 6.01. The number of hydrogen-bond acceptors (Lipinski definition) is 4. The second-order valence-corrected chi connectivity index (χ2v) is 7.79. The zero-order valence-corrected chi connectivity index (χ0v) is 14.7. The second kappa shape index (κ2) is 7.44. The lowest BCUT2D eigenvalue weighted by Gasteiger charge is -2.31. The Hall–Kier alpha value is -1.43. The summed E-state index contributed by atoms with van der Waals surface area (Å²) in [7, 11) is 0. The van der Waals surface area contributed by atoms with Gasteiger partial charge in [0.25, 0.3) is 5.91 Å². The summed E-state index contributed by atoms with van der Waals surface area (Å²) >= 11 is 0. The van der Waals surface area contributed by atoms with Gasteiger partial charge in [0.15, 0.2) is 0 Å². The highest BCUT2D eigenvalue weighted by Crippen LogP contribution is 2.34. The Bertz CT molecular complexity index is 595. The fourth-order valence-electron chi connectivity index (χ4n) is 4.39. The lowest BCUT2D eigenvalue weighted by Crippen LogP contribution is -2.41. The largest absolute Gasteiger partial charge is 0.396 e. The molecule has 3 aliphatic heterocycles. The molecule has 3 aliphatic rings. The number of rotatable bonds is 5. The predicted octanol–water partition coefficient (Wildman–Crippen LogP) is 1.94. The summed E-state index contributed by atoms with van der Waals surface area (Å²) in [6.45, 7) is 3.31. The first-order chi connectivity index (χ1) is 12.2. The van der Waals surface area contributed by atoms with Gasteiger partial charge in [0.1, 0.15) is 0 Å². The van der Waals surface area contributed by atoms with Gasteiger partial charge in [-0.1, -0.05) is 12.1 Å². The van der Waals surface area contributed by atoms with Crippen LogP contribution in [0.3, 0.4) is 0 Å². The van der Waals surface area contributed by atoms with Crippen LogP contribution in [-0.2, 0) is 11.3 Å². The first-order valence-electron chi connectivity index (χ1n) is 9.60. The third kappa shape index (κ3) is 3.89. The van der Waals surface area contributed by atoms with Gasteiger partial charge in [-0.3, -0.25) is 9.69 Å². The highest BCUT2D eigenvalue weighted by molar-refractivity contribution is 5.94. The lowest BCUT2D eigenvalue weighted by atomic mass is 9.95. The molecule has 3 heterocycles. The number of fused-ring (bicyclic) bond motifs is 2. The van der Waals surface area contributed by atoms with Crippen LogP contribution >= 0.6 is 0 Å². The van der Waals surface area contributed by atoms with Crippen LogP contribution in [0.15, 0.2) is 24.3 Å². The average molecular weight is 344 g/mol. The molecule has 1 aromatic carbocycles. The molecule has 25 heavy (non-hydrogen) atoms. The number of aliphatic hydroxyl groups excluding tert-OH is 1.